The summed E-state index contributed by atoms with van der Waals surface area (Å²) >= 11 is 6.28. The van der Waals surface area contributed by atoms with Crippen LogP contribution in [0.4, 0.5) is 0 Å². The monoisotopic (exact) mass is 301 g/mol. The summed E-state index contributed by atoms with van der Waals surface area (Å²) in [6.45, 7) is 4.51. The van der Waals surface area contributed by atoms with E-state index in [0.717, 1.165) is 34.9 Å². The highest BCUT2D eigenvalue weighted by Gasteiger charge is 2.34. The molecule has 21 heavy (non-hydrogen) atoms. The first-order valence-corrected chi connectivity index (χ1v) is 8.17. The number of fused-ring (bicyclic) bond motifs is 2. The Hall–Kier alpha value is -1.16. The molecule has 3 nitrogen and oxygen atoms in total. The maximum absolute atomic E-state index is 6.28. The third-order valence-corrected chi connectivity index (χ3v) is 5.20. The second-order valence-electron chi connectivity index (χ2n) is 6.26. The van der Waals surface area contributed by atoms with Gasteiger partial charge < -0.3 is 5.32 Å². The molecular weight excluding hydrogens is 282 g/mol. The van der Waals surface area contributed by atoms with Crippen molar-refractivity contribution in [2.45, 2.75) is 25.4 Å². The maximum atomic E-state index is 6.28. The van der Waals surface area contributed by atoms with Gasteiger partial charge in [-0.3, -0.25) is 9.88 Å². The fraction of sp³-hybridized carbons (Fsp3) is 0.471. The molecule has 2 aromatic rings. The van der Waals surface area contributed by atoms with Crippen LogP contribution in [-0.4, -0.2) is 35.6 Å². The third-order valence-electron chi connectivity index (χ3n) is 4.87. The molecule has 1 aromatic carbocycles. The van der Waals surface area contributed by atoms with E-state index in [1.807, 2.05) is 18.3 Å². The number of benzene rings is 1. The molecule has 0 spiro atoms. The smallest absolute Gasteiger partial charge is 0.0761 e. The Bertz CT molecular complexity index is 644. The predicted molar refractivity (Wildman–Crippen MR) is 86.5 cm³/mol. The van der Waals surface area contributed by atoms with Crippen molar-refractivity contribution in [1.29, 1.82) is 0 Å². The second kappa shape index (κ2) is 5.56. The van der Waals surface area contributed by atoms with Gasteiger partial charge in [-0.15, -0.1) is 0 Å². The Morgan fingerprint density at radius 1 is 1.29 bits per heavy atom. The average Bonchev–Trinajstić information content (AvgIpc) is 2.93. The molecule has 1 N–H and O–H groups in total. The van der Waals surface area contributed by atoms with E-state index in [4.69, 9.17) is 11.6 Å². The molecule has 0 unspecified atom stereocenters. The van der Waals surface area contributed by atoms with E-state index in [0.29, 0.717) is 6.04 Å². The second-order valence-corrected chi connectivity index (χ2v) is 6.67. The quantitative estimate of drug-likeness (QED) is 0.924. The number of hydrogen-bond donors (Lipinski definition) is 1. The largest absolute Gasteiger partial charge is 0.312 e. The van der Waals surface area contributed by atoms with Crippen LogP contribution < -0.4 is 5.32 Å². The number of halogens is 1. The zero-order valence-corrected chi connectivity index (χ0v) is 12.8. The topological polar surface area (TPSA) is 28.2 Å². The van der Waals surface area contributed by atoms with Crippen LogP contribution >= 0.6 is 11.6 Å². The normalized spacial score (nSPS) is 26.1. The summed E-state index contributed by atoms with van der Waals surface area (Å²) in [5, 5.41) is 5.52. The van der Waals surface area contributed by atoms with Crippen LogP contribution in [-0.2, 0) is 6.54 Å². The van der Waals surface area contributed by atoms with Gasteiger partial charge in [-0.05, 0) is 49.1 Å². The molecule has 4 heteroatoms. The van der Waals surface area contributed by atoms with Gasteiger partial charge >= 0.3 is 0 Å². The standard InChI is InChI=1S/C17H20ClN3/c18-15-6-5-13(17-14(15)4-2-8-20-17)10-21-9-12-3-1-7-19-16(12)11-21/h2,4-6,8,12,16,19H,1,3,7,9-11H2/t12-,16+/m0/s1. The zero-order valence-electron chi connectivity index (χ0n) is 12.1. The first-order chi connectivity index (χ1) is 10.3. The highest BCUT2D eigenvalue weighted by Crippen LogP contribution is 2.29. The Morgan fingerprint density at radius 2 is 2.24 bits per heavy atom. The van der Waals surface area contributed by atoms with E-state index >= 15 is 0 Å². The lowest BCUT2D eigenvalue weighted by Gasteiger charge is -2.24. The van der Waals surface area contributed by atoms with Crippen molar-refractivity contribution < 1.29 is 0 Å². The van der Waals surface area contributed by atoms with Crippen LogP contribution in [0.25, 0.3) is 10.9 Å². The molecule has 0 amide bonds. The van der Waals surface area contributed by atoms with Crippen LogP contribution in [0.2, 0.25) is 5.02 Å². The minimum Gasteiger partial charge on any atom is -0.312 e. The van der Waals surface area contributed by atoms with E-state index in [1.165, 1.54) is 31.5 Å². The SMILES string of the molecule is Clc1ccc(CN2C[C@@H]3CCCN[C@@H]3C2)c2ncccc12. The minimum absolute atomic E-state index is 0.685. The van der Waals surface area contributed by atoms with Crippen molar-refractivity contribution in [3.8, 4) is 0 Å². The molecule has 0 bridgehead atoms. The highest BCUT2D eigenvalue weighted by molar-refractivity contribution is 6.35. The number of nitrogens with one attached hydrogen (secondary N) is 1. The van der Waals surface area contributed by atoms with Gasteiger partial charge in [0.25, 0.3) is 0 Å². The Morgan fingerprint density at radius 3 is 3.14 bits per heavy atom. The Kier molecular flexibility index (Phi) is 3.57. The lowest BCUT2D eigenvalue weighted by Crippen LogP contribution is -2.40. The molecule has 2 saturated heterocycles. The van der Waals surface area contributed by atoms with Crippen LogP contribution in [0.5, 0.6) is 0 Å². The lowest BCUT2D eigenvalue weighted by atomic mass is 9.94. The Labute approximate surface area is 130 Å². The van der Waals surface area contributed by atoms with Gasteiger partial charge in [0, 0.05) is 42.3 Å². The third kappa shape index (κ3) is 2.54. The molecule has 3 heterocycles. The van der Waals surface area contributed by atoms with Crippen LogP contribution in [0.3, 0.4) is 0 Å². The number of piperidine rings is 1. The summed E-state index contributed by atoms with van der Waals surface area (Å²) < 4.78 is 0. The molecule has 2 aliphatic rings. The van der Waals surface area contributed by atoms with Crippen LogP contribution in [0.1, 0.15) is 18.4 Å². The van der Waals surface area contributed by atoms with Crippen LogP contribution in [0, 0.1) is 5.92 Å². The average molecular weight is 302 g/mol. The van der Waals surface area contributed by atoms with Gasteiger partial charge in [0.15, 0.2) is 0 Å². The van der Waals surface area contributed by atoms with Crippen molar-refractivity contribution >= 4 is 22.5 Å². The van der Waals surface area contributed by atoms with Crippen molar-refractivity contribution in [2.75, 3.05) is 19.6 Å². The summed E-state index contributed by atoms with van der Waals surface area (Å²) in [5.74, 6) is 0.824. The molecule has 4 rings (SSSR count). The van der Waals surface area contributed by atoms with E-state index < -0.39 is 0 Å². The van der Waals surface area contributed by atoms with Gasteiger partial charge in [-0.1, -0.05) is 17.7 Å². The molecule has 2 atom stereocenters. The Balaban J connectivity index is 1.59. The van der Waals surface area contributed by atoms with Crippen molar-refractivity contribution in [3.05, 3.63) is 41.0 Å². The number of aromatic nitrogens is 1. The summed E-state index contributed by atoms with van der Waals surface area (Å²) in [6, 6.07) is 8.83. The molecule has 2 aliphatic heterocycles. The molecule has 2 fully saturated rings. The fourth-order valence-corrected chi connectivity index (χ4v) is 4.05. The lowest BCUT2D eigenvalue weighted by molar-refractivity contribution is 0.313. The number of hydrogen-bond acceptors (Lipinski definition) is 3. The van der Waals surface area contributed by atoms with Gasteiger partial charge in [-0.2, -0.15) is 0 Å². The number of pyridine rings is 1. The number of rotatable bonds is 2. The van der Waals surface area contributed by atoms with Crippen molar-refractivity contribution in [2.24, 2.45) is 5.92 Å². The molecule has 1 aromatic heterocycles. The molecule has 110 valence electrons. The predicted octanol–water partition coefficient (Wildman–Crippen LogP) is 3.07. The summed E-state index contributed by atoms with van der Waals surface area (Å²) in [4.78, 5) is 7.11. The van der Waals surface area contributed by atoms with E-state index in [9.17, 15) is 0 Å². The number of nitrogens with zero attached hydrogens (tertiary/aromatic N) is 2. The summed E-state index contributed by atoms with van der Waals surface area (Å²) in [7, 11) is 0. The number of likely N-dealkylation sites (tertiary alicyclic amines) is 1. The first kappa shape index (κ1) is 13.5. The molecule has 0 saturated carbocycles. The zero-order chi connectivity index (χ0) is 14.2. The van der Waals surface area contributed by atoms with E-state index in [2.05, 4.69) is 27.3 Å². The van der Waals surface area contributed by atoms with E-state index in [-0.39, 0.29) is 0 Å². The van der Waals surface area contributed by atoms with Gasteiger partial charge in [0.1, 0.15) is 0 Å². The molecular formula is C17H20ClN3. The van der Waals surface area contributed by atoms with Crippen molar-refractivity contribution in [3.63, 3.8) is 0 Å². The van der Waals surface area contributed by atoms with Crippen LogP contribution in [0.15, 0.2) is 30.5 Å². The molecule has 0 aliphatic carbocycles. The van der Waals surface area contributed by atoms with Gasteiger partial charge in [0.05, 0.1) is 5.52 Å². The highest BCUT2D eigenvalue weighted by atomic mass is 35.5. The van der Waals surface area contributed by atoms with Gasteiger partial charge in [0.2, 0.25) is 0 Å². The first-order valence-electron chi connectivity index (χ1n) is 7.79. The van der Waals surface area contributed by atoms with E-state index in [1.54, 1.807) is 0 Å². The minimum atomic E-state index is 0.685. The maximum Gasteiger partial charge on any atom is 0.0761 e. The van der Waals surface area contributed by atoms with Gasteiger partial charge in [-0.25, -0.2) is 0 Å². The summed E-state index contributed by atoms with van der Waals surface area (Å²) in [6.07, 6.45) is 4.54. The fourth-order valence-electron chi connectivity index (χ4n) is 3.83. The molecule has 0 radical (unpaired) electrons. The summed E-state index contributed by atoms with van der Waals surface area (Å²) in [5.41, 5.74) is 2.33. The van der Waals surface area contributed by atoms with Crippen molar-refractivity contribution in [1.82, 2.24) is 15.2 Å².